The summed E-state index contributed by atoms with van der Waals surface area (Å²) in [7, 11) is 0. The normalized spacial score (nSPS) is 25.2. The lowest BCUT2D eigenvalue weighted by atomic mass is 9.93. The molecular weight excluding hydrogens is 248 g/mol. The quantitative estimate of drug-likeness (QED) is 0.780. The lowest BCUT2D eigenvalue weighted by molar-refractivity contribution is 0.0545. The molecule has 0 aromatic rings. The van der Waals surface area contributed by atoms with E-state index in [2.05, 4.69) is 31.4 Å². The zero-order valence-corrected chi connectivity index (χ0v) is 12.7. The van der Waals surface area contributed by atoms with E-state index in [9.17, 15) is 4.79 Å². The van der Waals surface area contributed by atoms with Crippen LogP contribution in [0.3, 0.4) is 0 Å². The van der Waals surface area contributed by atoms with Gasteiger partial charge in [0.2, 0.25) is 0 Å². The molecule has 0 aromatic carbocycles. The molecule has 2 amide bonds. The Kier molecular flexibility index (Phi) is 6.86. The van der Waals surface area contributed by atoms with Gasteiger partial charge in [0.05, 0.1) is 6.10 Å². The highest BCUT2D eigenvalue weighted by molar-refractivity contribution is 7.99. The number of thioether (sulfide) groups is 1. The molecule has 5 heteroatoms. The number of urea groups is 1. The Bertz CT molecular complexity index is 261. The molecule has 1 aliphatic heterocycles. The first-order valence-electron chi connectivity index (χ1n) is 6.70. The Hall–Kier alpha value is -0.420. The van der Waals surface area contributed by atoms with E-state index >= 15 is 0 Å². The lowest BCUT2D eigenvalue weighted by Gasteiger charge is -2.22. The minimum absolute atomic E-state index is 0.0645. The van der Waals surface area contributed by atoms with Gasteiger partial charge in [-0.05, 0) is 18.6 Å². The van der Waals surface area contributed by atoms with Crippen molar-refractivity contribution in [3.05, 3.63) is 0 Å². The summed E-state index contributed by atoms with van der Waals surface area (Å²) in [5.74, 6) is 0.965. The molecule has 3 atom stereocenters. The fraction of sp³-hybridized carbons (Fsp3) is 0.923. The Morgan fingerprint density at radius 3 is 2.72 bits per heavy atom. The number of rotatable bonds is 6. The molecular formula is C13H26N2O2S. The summed E-state index contributed by atoms with van der Waals surface area (Å²) in [6.07, 6.45) is 3.38. The average molecular weight is 274 g/mol. The number of amides is 2. The monoisotopic (exact) mass is 274 g/mol. The van der Waals surface area contributed by atoms with Gasteiger partial charge in [0.15, 0.2) is 0 Å². The smallest absolute Gasteiger partial charge is 0.314 e. The van der Waals surface area contributed by atoms with Crippen LogP contribution in [0.5, 0.6) is 0 Å². The predicted octanol–water partition coefficient (Wildman–Crippen LogP) is 2.10. The van der Waals surface area contributed by atoms with Crippen molar-refractivity contribution in [2.75, 3.05) is 26.0 Å². The van der Waals surface area contributed by atoms with Crippen LogP contribution in [-0.4, -0.2) is 43.3 Å². The molecule has 0 spiro atoms. The number of nitrogens with one attached hydrogen (secondary N) is 2. The van der Waals surface area contributed by atoms with Gasteiger partial charge in [0.1, 0.15) is 0 Å². The molecule has 4 nitrogen and oxygen atoms in total. The van der Waals surface area contributed by atoms with Crippen molar-refractivity contribution in [3.8, 4) is 0 Å². The molecule has 1 aliphatic rings. The van der Waals surface area contributed by atoms with Crippen molar-refractivity contribution in [2.45, 2.75) is 38.5 Å². The van der Waals surface area contributed by atoms with Crippen LogP contribution in [0.25, 0.3) is 0 Å². The molecule has 0 bridgehead atoms. The molecule has 0 saturated carbocycles. The van der Waals surface area contributed by atoms with E-state index in [1.165, 1.54) is 0 Å². The first kappa shape index (κ1) is 15.6. The average Bonchev–Trinajstić information content (AvgIpc) is 2.81. The van der Waals surface area contributed by atoms with Gasteiger partial charge in [-0.1, -0.05) is 20.8 Å². The van der Waals surface area contributed by atoms with Crippen LogP contribution < -0.4 is 10.6 Å². The minimum Gasteiger partial charge on any atom is -0.378 e. The van der Waals surface area contributed by atoms with Crippen LogP contribution in [0.1, 0.15) is 27.2 Å². The third-order valence-corrected chi connectivity index (χ3v) is 4.37. The highest BCUT2D eigenvalue weighted by atomic mass is 32.2. The van der Waals surface area contributed by atoms with Gasteiger partial charge >= 0.3 is 6.03 Å². The number of carbonyl (C=O) groups excluding carboxylic acids is 1. The van der Waals surface area contributed by atoms with Gasteiger partial charge in [-0.3, -0.25) is 0 Å². The van der Waals surface area contributed by atoms with Gasteiger partial charge in [0.25, 0.3) is 0 Å². The minimum atomic E-state index is -0.0645. The fourth-order valence-electron chi connectivity index (χ4n) is 2.22. The highest BCUT2D eigenvalue weighted by Gasteiger charge is 2.30. The first-order chi connectivity index (χ1) is 8.54. The van der Waals surface area contributed by atoms with E-state index in [1.807, 2.05) is 6.26 Å². The molecule has 2 N–H and O–H groups in total. The molecule has 1 heterocycles. The largest absolute Gasteiger partial charge is 0.378 e. The van der Waals surface area contributed by atoms with E-state index in [4.69, 9.17) is 4.74 Å². The first-order valence-corrected chi connectivity index (χ1v) is 7.99. The Morgan fingerprint density at radius 2 is 2.11 bits per heavy atom. The molecule has 18 heavy (non-hydrogen) atoms. The Balaban J connectivity index is 2.21. The molecule has 0 aromatic heterocycles. The second kappa shape index (κ2) is 7.89. The number of hydrogen-bond donors (Lipinski definition) is 2. The molecule has 0 unspecified atom stereocenters. The van der Waals surface area contributed by atoms with Crippen molar-refractivity contribution in [1.29, 1.82) is 0 Å². The van der Waals surface area contributed by atoms with E-state index in [-0.39, 0.29) is 12.1 Å². The van der Waals surface area contributed by atoms with Gasteiger partial charge < -0.3 is 15.4 Å². The summed E-state index contributed by atoms with van der Waals surface area (Å²) in [5, 5.41) is 6.29. The standard InChI is InChI=1S/C13H26N2O2S/c1-9(2)12-11(5-6-17-12)8-15-13(16)14-7-10(3)18-4/h9-12H,5-8H2,1-4H3,(H2,14,15,16)/t10-,11+,12+/m0/s1. The second-order valence-electron chi connectivity index (χ2n) is 5.27. The lowest BCUT2D eigenvalue weighted by Crippen LogP contribution is -2.42. The van der Waals surface area contributed by atoms with Crippen LogP contribution in [0.15, 0.2) is 0 Å². The maximum atomic E-state index is 11.6. The zero-order chi connectivity index (χ0) is 13.5. The third-order valence-electron chi connectivity index (χ3n) is 3.40. The summed E-state index contributed by atoms with van der Waals surface area (Å²) in [6.45, 7) is 8.68. The molecule has 1 fully saturated rings. The highest BCUT2D eigenvalue weighted by Crippen LogP contribution is 2.25. The van der Waals surface area contributed by atoms with Crippen molar-refractivity contribution < 1.29 is 9.53 Å². The summed E-state index contributed by atoms with van der Waals surface area (Å²) < 4.78 is 5.70. The molecule has 106 valence electrons. The predicted molar refractivity (Wildman–Crippen MR) is 77.1 cm³/mol. The summed E-state index contributed by atoms with van der Waals surface area (Å²) in [4.78, 5) is 11.6. The molecule has 0 radical (unpaired) electrons. The van der Waals surface area contributed by atoms with E-state index in [0.29, 0.717) is 30.2 Å². The van der Waals surface area contributed by atoms with E-state index < -0.39 is 0 Å². The van der Waals surface area contributed by atoms with Crippen molar-refractivity contribution in [3.63, 3.8) is 0 Å². The van der Waals surface area contributed by atoms with Crippen LogP contribution >= 0.6 is 11.8 Å². The summed E-state index contributed by atoms with van der Waals surface area (Å²) in [5.41, 5.74) is 0. The van der Waals surface area contributed by atoms with Crippen LogP contribution in [0.4, 0.5) is 4.79 Å². The molecule has 0 aliphatic carbocycles. The summed E-state index contributed by atoms with van der Waals surface area (Å²) >= 11 is 1.75. The van der Waals surface area contributed by atoms with Crippen LogP contribution in [0, 0.1) is 11.8 Å². The number of ether oxygens (including phenoxy) is 1. The van der Waals surface area contributed by atoms with E-state index in [1.54, 1.807) is 11.8 Å². The Labute approximate surface area is 115 Å². The van der Waals surface area contributed by atoms with Gasteiger partial charge in [-0.2, -0.15) is 11.8 Å². The number of carbonyl (C=O) groups is 1. The fourth-order valence-corrected chi connectivity index (χ4v) is 2.47. The maximum Gasteiger partial charge on any atom is 0.314 e. The second-order valence-corrected chi connectivity index (χ2v) is 6.54. The van der Waals surface area contributed by atoms with Crippen molar-refractivity contribution >= 4 is 17.8 Å². The van der Waals surface area contributed by atoms with Crippen LogP contribution in [0.2, 0.25) is 0 Å². The number of hydrogen-bond acceptors (Lipinski definition) is 3. The van der Waals surface area contributed by atoms with Crippen molar-refractivity contribution in [2.24, 2.45) is 11.8 Å². The van der Waals surface area contributed by atoms with E-state index in [0.717, 1.165) is 13.0 Å². The maximum absolute atomic E-state index is 11.6. The van der Waals surface area contributed by atoms with Crippen molar-refractivity contribution in [1.82, 2.24) is 10.6 Å². The summed E-state index contributed by atoms with van der Waals surface area (Å²) in [6, 6.07) is -0.0645. The van der Waals surface area contributed by atoms with Gasteiger partial charge in [-0.15, -0.1) is 0 Å². The third kappa shape index (κ3) is 5.06. The van der Waals surface area contributed by atoms with Gasteiger partial charge in [0, 0.05) is 30.9 Å². The van der Waals surface area contributed by atoms with Gasteiger partial charge in [-0.25, -0.2) is 4.79 Å². The SMILES string of the molecule is CS[C@@H](C)CNC(=O)NC[C@H]1CCO[C@@H]1C(C)C. The molecule has 1 rings (SSSR count). The topological polar surface area (TPSA) is 50.4 Å². The van der Waals surface area contributed by atoms with Crippen LogP contribution in [-0.2, 0) is 4.74 Å². The zero-order valence-electron chi connectivity index (χ0n) is 11.9. The molecule has 1 saturated heterocycles. The Morgan fingerprint density at radius 1 is 1.39 bits per heavy atom.